The van der Waals surface area contributed by atoms with Crippen molar-refractivity contribution < 1.29 is 9.59 Å². The van der Waals surface area contributed by atoms with Crippen LogP contribution in [0.15, 0.2) is 0 Å². The predicted octanol–water partition coefficient (Wildman–Crippen LogP) is 1.17. The number of hydrogen-bond donors (Lipinski definition) is 1. The molecule has 1 N–H and O–H groups in total. The van der Waals surface area contributed by atoms with Gasteiger partial charge in [0.2, 0.25) is 0 Å². The van der Waals surface area contributed by atoms with E-state index < -0.39 is 0 Å². The van der Waals surface area contributed by atoms with Gasteiger partial charge in [-0.15, -0.1) is 0 Å². The van der Waals surface area contributed by atoms with Gasteiger partial charge in [0.25, 0.3) is 0 Å². The van der Waals surface area contributed by atoms with Gasteiger partial charge in [0.1, 0.15) is 12.1 Å². The van der Waals surface area contributed by atoms with Gasteiger partial charge in [0.05, 0.1) is 21.1 Å². The molecule has 0 aliphatic carbocycles. The zero-order valence-corrected chi connectivity index (χ0v) is 11.3. The number of aliphatic hydroxyl groups is 1. The van der Waals surface area contributed by atoms with E-state index in [2.05, 4.69) is 39.9 Å². The van der Waals surface area contributed by atoms with Gasteiger partial charge in [-0.05, 0) is 20.0 Å². The molecule has 0 aliphatic rings. The third-order valence-electron chi connectivity index (χ3n) is 3.19. The second-order valence-corrected chi connectivity index (χ2v) is 5.24. The molecule has 0 aromatic heterocycles. The van der Waals surface area contributed by atoms with Gasteiger partial charge in [0.15, 0.2) is 0 Å². The Hall–Kier alpha value is -0.120. The smallest absolute Gasteiger partial charge is 0.116 e. The molecule has 2 unspecified atom stereocenters. The van der Waals surface area contributed by atoms with Crippen LogP contribution in [-0.4, -0.2) is 67.4 Å². The van der Waals surface area contributed by atoms with Crippen LogP contribution < -0.4 is 0 Å². The fraction of sp³-hybridized carbons (Fsp3) is 1.00. The first-order valence-electron chi connectivity index (χ1n) is 6.04. The molecule has 0 saturated carbocycles. The number of quaternary nitrogens is 1. The van der Waals surface area contributed by atoms with Crippen molar-refractivity contribution in [1.29, 1.82) is 0 Å². The number of hydrogen-bond acceptors (Lipinski definition) is 2. The molecule has 0 aromatic carbocycles. The lowest BCUT2D eigenvalue weighted by atomic mass is 10.1. The van der Waals surface area contributed by atoms with Crippen molar-refractivity contribution in [2.75, 3.05) is 40.8 Å². The van der Waals surface area contributed by atoms with Crippen molar-refractivity contribution in [2.45, 2.75) is 39.3 Å². The van der Waals surface area contributed by atoms with E-state index in [0.29, 0.717) is 6.04 Å². The monoisotopic (exact) mass is 217 g/mol. The van der Waals surface area contributed by atoms with E-state index in [0.717, 1.165) is 30.5 Å². The maximum Gasteiger partial charge on any atom is 0.116 e. The zero-order valence-electron chi connectivity index (χ0n) is 11.3. The lowest BCUT2D eigenvalue weighted by molar-refractivity contribution is -0.899. The lowest BCUT2D eigenvalue weighted by Crippen LogP contribution is -2.52. The molecule has 0 rings (SSSR count). The first-order valence-corrected chi connectivity index (χ1v) is 6.04. The fourth-order valence-corrected chi connectivity index (χ4v) is 2.13. The normalized spacial score (nSPS) is 16.8. The van der Waals surface area contributed by atoms with Crippen LogP contribution >= 0.6 is 0 Å². The van der Waals surface area contributed by atoms with Gasteiger partial charge in [-0.2, -0.15) is 0 Å². The van der Waals surface area contributed by atoms with E-state index in [4.69, 9.17) is 0 Å². The minimum atomic E-state index is -0.236. The molecule has 0 aliphatic heterocycles. The Morgan fingerprint density at radius 2 is 1.60 bits per heavy atom. The number of likely N-dealkylation sites (N-methyl/N-ethyl adjacent to an activating group) is 1. The van der Waals surface area contributed by atoms with Crippen molar-refractivity contribution >= 4 is 0 Å². The lowest BCUT2D eigenvalue weighted by Gasteiger charge is -2.37. The molecular weight excluding hydrogens is 188 g/mol. The minimum Gasteiger partial charge on any atom is -0.387 e. The fourth-order valence-electron chi connectivity index (χ4n) is 2.13. The summed E-state index contributed by atoms with van der Waals surface area (Å²) in [5, 5.41) is 9.77. The molecule has 3 nitrogen and oxygen atoms in total. The molecule has 3 heteroatoms. The second kappa shape index (κ2) is 6.46. The second-order valence-electron chi connectivity index (χ2n) is 5.24. The van der Waals surface area contributed by atoms with Crippen LogP contribution in [-0.2, 0) is 0 Å². The molecule has 0 spiro atoms. The Labute approximate surface area is 95.3 Å². The largest absolute Gasteiger partial charge is 0.387 e. The summed E-state index contributed by atoms with van der Waals surface area (Å²) in [4.78, 5) is 2.41. The standard InChI is InChI=1S/C12H29N2O/c1-7-13(8-2)10-9-12(11(3)15)14(4,5)6/h11-12,15H,7-10H2,1-6H3/q+1. The van der Waals surface area contributed by atoms with Crippen molar-refractivity contribution in [3.63, 3.8) is 0 Å². The summed E-state index contributed by atoms with van der Waals surface area (Å²) in [5.74, 6) is 0. The zero-order chi connectivity index (χ0) is 12.1. The quantitative estimate of drug-likeness (QED) is 0.647. The van der Waals surface area contributed by atoms with Crippen LogP contribution in [0.2, 0.25) is 0 Å². The summed E-state index contributed by atoms with van der Waals surface area (Å²) in [6, 6.07) is 0.325. The Bertz CT molecular complexity index is 159. The average Bonchev–Trinajstić information content (AvgIpc) is 2.09. The van der Waals surface area contributed by atoms with Crippen molar-refractivity contribution in [3.05, 3.63) is 0 Å². The summed E-state index contributed by atoms with van der Waals surface area (Å²) in [5.41, 5.74) is 0. The first kappa shape index (κ1) is 14.9. The molecular formula is C12H29N2O+. The van der Waals surface area contributed by atoms with Gasteiger partial charge < -0.3 is 14.5 Å². The molecule has 0 radical (unpaired) electrons. The third-order valence-corrected chi connectivity index (χ3v) is 3.19. The Balaban J connectivity index is 4.19. The van der Waals surface area contributed by atoms with E-state index in [1.807, 2.05) is 6.92 Å². The minimum absolute atomic E-state index is 0.236. The molecule has 0 heterocycles. The average molecular weight is 217 g/mol. The molecule has 0 saturated heterocycles. The Morgan fingerprint density at radius 3 is 1.87 bits per heavy atom. The Morgan fingerprint density at radius 1 is 1.13 bits per heavy atom. The van der Waals surface area contributed by atoms with Crippen LogP contribution in [0.4, 0.5) is 0 Å². The SMILES string of the molecule is CCN(CC)CCC(C(C)O)[N+](C)(C)C. The molecule has 2 atom stereocenters. The summed E-state index contributed by atoms with van der Waals surface area (Å²) < 4.78 is 0.832. The van der Waals surface area contributed by atoms with Crippen LogP contribution in [0.3, 0.4) is 0 Å². The van der Waals surface area contributed by atoms with Gasteiger partial charge in [-0.3, -0.25) is 0 Å². The first-order chi connectivity index (χ1) is 6.82. The van der Waals surface area contributed by atoms with Crippen LogP contribution in [0.1, 0.15) is 27.2 Å². The highest BCUT2D eigenvalue weighted by Gasteiger charge is 2.28. The maximum absolute atomic E-state index is 9.77. The topological polar surface area (TPSA) is 23.5 Å². The molecule has 0 bridgehead atoms. The van der Waals surface area contributed by atoms with Crippen LogP contribution in [0.25, 0.3) is 0 Å². The van der Waals surface area contributed by atoms with E-state index in [-0.39, 0.29) is 6.10 Å². The number of nitrogens with zero attached hydrogens (tertiary/aromatic N) is 2. The highest BCUT2D eigenvalue weighted by molar-refractivity contribution is 4.67. The van der Waals surface area contributed by atoms with Gasteiger partial charge in [-0.1, -0.05) is 13.8 Å². The Kier molecular flexibility index (Phi) is 6.41. The highest BCUT2D eigenvalue weighted by atomic mass is 16.3. The van der Waals surface area contributed by atoms with E-state index in [9.17, 15) is 5.11 Å². The van der Waals surface area contributed by atoms with E-state index >= 15 is 0 Å². The van der Waals surface area contributed by atoms with Crippen molar-refractivity contribution in [3.8, 4) is 0 Å². The van der Waals surface area contributed by atoms with Crippen LogP contribution in [0.5, 0.6) is 0 Å². The van der Waals surface area contributed by atoms with Gasteiger partial charge in [-0.25, -0.2) is 0 Å². The van der Waals surface area contributed by atoms with Gasteiger partial charge in [0, 0.05) is 13.0 Å². The highest BCUT2D eigenvalue weighted by Crippen LogP contribution is 2.12. The van der Waals surface area contributed by atoms with E-state index in [1.165, 1.54) is 0 Å². The van der Waals surface area contributed by atoms with Crippen molar-refractivity contribution in [1.82, 2.24) is 4.90 Å². The van der Waals surface area contributed by atoms with E-state index in [1.54, 1.807) is 0 Å². The third kappa shape index (κ3) is 5.50. The van der Waals surface area contributed by atoms with Crippen molar-refractivity contribution in [2.24, 2.45) is 0 Å². The molecule has 0 amide bonds. The molecule has 0 fully saturated rings. The summed E-state index contributed by atoms with van der Waals surface area (Å²) in [6.07, 6.45) is 0.823. The summed E-state index contributed by atoms with van der Waals surface area (Å²) in [7, 11) is 6.46. The number of aliphatic hydroxyl groups excluding tert-OH is 1. The predicted molar refractivity (Wildman–Crippen MR) is 65.9 cm³/mol. The van der Waals surface area contributed by atoms with Gasteiger partial charge >= 0.3 is 0 Å². The summed E-state index contributed by atoms with van der Waals surface area (Å²) in [6.45, 7) is 9.55. The summed E-state index contributed by atoms with van der Waals surface area (Å²) >= 11 is 0. The maximum atomic E-state index is 9.77. The molecule has 15 heavy (non-hydrogen) atoms. The molecule has 92 valence electrons. The molecule has 0 aromatic rings. The van der Waals surface area contributed by atoms with Crippen LogP contribution in [0, 0.1) is 0 Å². The number of rotatable bonds is 7.